The lowest BCUT2D eigenvalue weighted by atomic mass is 9.83. The van der Waals surface area contributed by atoms with Crippen molar-refractivity contribution >= 4 is 35.0 Å². The van der Waals surface area contributed by atoms with Crippen molar-refractivity contribution in [3.63, 3.8) is 0 Å². The van der Waals surface area contributed by atoms with E-state index in [0.29, 0.717) is 35.4 Å². The molecule has 1 N–H and O–H groups in total. The monoisotopic (exact) mass is 469 g/mol. The average Bonchev–Trinajstić information content (AvgIpc) is 2.69. The molecule has 0 saturated carbocycles. The van der Waals surface area contributed by atoms with Gasteiger partial charge in [-0.05, 0) is 44.5 Å². The largest absolute Gasteiger partial charge is 0.489 e. The zero-order chi connectivity index (χ0) is 23.0. The molecule has 1 unspecified atom stereocenters. The molecule has 170 valence electrons. The maximum absolute atomic E-state index is 12.1. The molecule has 1 aliphatic carbocycles. The summed E-state index contributed by atoms with van der Waals surface area (Å²) in [7, 11) is 0. The minimum atomic E-state index is -1.81. The number of para-hydroxylation sites is 1. The van der Waals surface area contributed by atoms with E-state index in [1.807, 2.05) is 0 Å². The van der Waals surface area contributed by atoms with Crippen molar-refractivity contribution in [2.24, 2.45) is 0 Å². The number of hydrogen-bond donors (Lipinski definition) is 1. The predicted octanol–water partition coefficient (Wildman–Crippen LogP) is 4.57. The number of aliphatic hydroxyl groups is 1. The van der Waals surface area contributed by atoms with E-state index in [2.05, 4.69) is 11.8 Å². The van der Waals surface area contributed by atoms with Crippen molar-refractivity contribution in [1.82, 2.24) is 4.90 Å². The number of Topliss-reactive ketones (excluding diaryl/α,β-unsaturated/α-hetero) is 1. The molecule has 0 saturated heterocycles. The molecule has 8 heteroatoms. The first-order chi connectivity index (χ1) is 14.7. The number of nitrogens with zero attached hydrogens (tertiary/aromatic N) is 1. The van der Waals surface area contributed by atoms with Crippen molar-refractivity contribution in [2.75, 3.05) is 26.2 Å². The highest BCUT2D eigenvalue weighted by atomic mass is 35.5. The molecule has 6 nitrogen and oxygen atoms in total. The van der Waals surface area contributed by atoms with Gasteiger partial charge in [0.05, 0.1) is 10.0 Å². The second-order valence-corrected chi connectivity index (χ2v) is 8.35. The SMILES string of the molecule is CCCN(CCOc1c(Cl)cccc1Cl)CCC1=CC=C(OC(C)=O)C(O)(C(C)=O)C1. The molecule has 2 rings (SSSR count). The lowest BCUT2D eigenvalue weighted by Gasteiger charge is -2.31. The summed E-state index contributed by atoms with van der Waals surface area (Å²) in [5.74, 6) is -0.574. The van der Waals surface area contributed by atoms with Crippen molar-refractivity contribution in [1.29, 1.82) is 0 Å². The average molecular weight is 470 g/mol. The predicted molar refractivity (Wildman–Crippen MR) is 121 cm³/mol. The van der Waals surface area contributed by atoms with Gasteiger partial charge in [0, 0.05) is 26.4 Å². The molecular weight excluding hydrogens is 441 g/mol. The van der Waals surface area contributed by atoms with Gasteiger partial charge in [-0.2, -0.15) is 0 Å². The third-order valence-corrected chi connectivity index (χ3v) is 5.65. The van der Waals surface area contributed by atoms with Gasteiger partial charge >= 0.3 is 5.97 Å². The molecule has 0 fully saturated rings. The first-order valence-corrected chi connectivity index (χ1v) is 11.0. The number of allylic oxidation sites excluding steroid dienone is 2. The highest BCUT2D eigenvalue weighted by molar-refractivity contribution is 6.37. The molecule has 0 spiro atoms. The summed E-state index contributed by atoms with van der Waals surface area (Å²) in [6, 6.07) is 5.23. The van der Waals surface area contributed by atoms with Crippen LogP contribution in [0.5, 0.6) is 5.75 Å². The molecule has 0 amide bonds. The van der Waals surface area contributed by atoms with Crippen molar-refractivity contribution in [3.05, 3.63) is 51.7 Å². The minimum absolute atomic E-state index is 0.0216. The van der Waals surface area contributed by atoms with E-state index in [-0.39, 0.29) is 12.2 Å². The van der Waals surface area contributed by atoms with Crippen LogP contribution in [0.25, 0.3) is 0 Å². The lowest BCUT2D eigenvalue weighted by Crippen LogP contribution is -2.42. The number of hydrogen-bond acceptors (Lipinski definition) is 6. The fourth-order valence-electron chi connectivity index (χ4n) is 3.40. The molecule has 1 atom stereocenters. The number of carbonyl (C=O) groups is 2. The third-order valence-electron chi connectivity index (χ3n) is 5.06. The van der Waals surface area contributed by atoms with Crippen LogP contribution in [0.15, 0.2) is 41.7 Å². The van der Waals surface area contributed by atoms with Crippen LogP contribution >= 0.6 is 23.2 Å². The summed E-state index contributed by atoms with van der Waals surface area (Å²) >= 11 is 12.3. The topological polar surface area (TPSA) is 76.1 Å². The van der Waals surface area contributed by atoms with Gasteiger partial charge in [-0.1, -0.05) is 47.8 Å². The Kier molecular flexibility index (Phi) is 9.56. The lowest BCUT2D eigenvalue weighted by molar-refractivity contribution is -0.145. The van der Waals surface area contributed by atoms with Crippen LogP contribution in [0.1, 0.15) is 40.0 Å². The van der Waals surface area contributed by atoms with Crippen molar-refractivity contribution in [3.8, 4) is 5.75 Å². The number of rotatable bonds is 11. The summed E-state index contributed by atoms with van der Waals surface area (Å²) in [6.07, 6.45) is 5.05. The van der Waals surface area contributed by atoms with Crippen LogP contribution < -0.4 is 4.74 Å². The summed E-state index contributed by atoms with van der Waals surface area (Å²) in [4.78, 5) is 25.6. The van der Waals surface area contributed by atoms with E-state index in [4.69, 9.17) is 32.7 Å². The Bertz CT molecular complexity index is 847. The van der Waals surface area contributed by atoms with Gasteiger partial charge in [-0.3, -0.25) is 14.5 Å². The Morgan fingerprint density at radius 3 is 2.39 bits per heavy atom. The maximum Gasteiger partial charge on any atom is 0.307 e. The second-order valence-electron chi connectivity index (χ2n) is 7.53. The smallest absolute Gasteiger partial charge is 0.307 e. The van der Waals surface area contributed by atoms with Gasteiger partial charge in [0.25, 0.3) is 0 Å². The van der Waals surface area contributed by atoms with Gasteiger partial charge in [0.1, 0.15) is 12.4 Å². The summed E-state index contributed by atoms with van der Waals surface area (Å²) in [5, 5.41) is 11.8. The van der Waals surface area contributed by atoms with E-state index in [9.17, 15) is 14.7 Å². The number of ether oxygens (including phenoxy) is 2. The van der Waals surface area contributed by atoms with Crippen LogP contribution in [0.3, 0.4) is 0 Å². The normalized spacial score (nSPS) is 18.4. The minimum Gasteiger partial charge on any atom is -0.489 e. The molecule has 0 aromatic heterocycles. The van der Waals surface area contributed by atoms with Crippen molar-refractivity contribution < 1.29 is 24.2 Å². The fourth-order valence-corrected chi connectivity index (χ4v) is 3.91. The fraction of sp³-hybridized carbons (Fsp3) is 0.478. The first kappa shape index (κ1) is 25.4. The van der Waals surface area contributed by atoms with Gasteiger partial charge in [0.15, 0.2) is 17.1 Å². The van der Waals surface area contributed by atoms with Crippen molar-refractivity contribution in [2.45, 2.75) is 45.6 Å². The molecular formula is C23H29Cl2NO5. The standard InChI is InChI=1S/C23H29Cl2NO5/c1-4-11-26(13-14-30-22-19(24)6-5-7-20(22)25)12-10-18-8-9-21(31-17(3)28)23(29,15-18)16(2)27/h5-9,29H,4,10-15H2,1-3H3. The van der Waals surface area contributed by atoms with E-state index in [0.717, 1.165) is 25.1 Å². The Morgan fingerprint density at radius 1 is 1.13 bits per heavy atom. The van der Waals surface area contributed by atoms with E-state index in [1.165, 1.54) is 19.9 Å². The molecule has 0 radical (unpaired) electrons. The molecule has 0 heterocycles. The van der Waals surface area contributed by atoms with Crippen LogP contribution in [-0.4, -0.2) is 53.6 Å². The Hall–Kier alpha value is -1.86. The molecule has 31 heavy (non-hydrogen) atoms. The zero-order valence-electron chi connectivity index (χ0n) is 18.1. The third kappa shape index (κ3) is 7.07. The molecule has 1 aromatic rings. The molecule has 1 aromatic carbocycles. The summed E-state index contributed by atoms with van der Waals surface area (Å²) in [5.41, 5.74) is -0.903. The summed E-state index contributed by atoms with van der Waals surface area (Å²) in [6.45, 7) is 7.33. The van der Waals surface area contributed by atoms with E-state index in [1.54, 1.807) is 24.3 Å². The van der Waals surface area contributed by atoms with Crippen LogP contribution in [0.2, 0.25) is 10.0 Å². The van der Waals surface area contributed by atoms with E-state index < -0.39 is 17.4 Å². The van der Waals surface area contributed by atoms with E-state index >= 15 is 0 Å². The summed E-state index contributed by atoms with van der Waals surface area (Å²) < 4.78 is 10.8. The zero-order valence-corrected chi connectivity index (χ0v) is 19.6. The van der Waals surface area contributed by atoms with Gasteiger partial charge in [-0.25, -0.2) is 0 Å². The highest BCUT2D eigenvalue weighted by Gasteiger charge is 2.41. The Labute approximate surface area is 193 Å². The van der Waals surface area contributed by atoms with Crippen LogP contribution in [0.4, 0.5) is 0 Å². The van der Waals surface area contributed by atoms with Crippen LogP contribution in [-0.2, 0) is 14.3 Å². The first-order valence-electron chi connectivity index (χ1n) is 10.3. The Morgan fingerprint density at radius 2 is 1.81 bits per heavy atom. The van der Waals surface area contributed by atoms with Gasteiger partial charge in [0.2, 0.25) is 0 Å². The quantitative estimate of drug-likeness (QED) is 0.478. The number of carbonyl (C=O) groups excluding carboxylic acids is 2. The molecule has 0 aliphatic heterocycles. The number of benzene rings is 1. The van der Waals surface area contributed by atoms with Gasteiger partial charge < -0.3 is 14.6 Å². The highest BCUT2D eigenvalue weighted by Crippen LogP contribution is 2.33. The molecule has 0 bridgehead atoms. The number of esters is 1. The van der Waals surface area contributed by atoms with Crippen LogP contribution in [0, 0.1) is 0 Å². The van der Waals surface area contributed by atoms with Gasteiger partial charge in [-0.15, -0.1) is 0 Å². The second kappa shape index (κ2) is 11.7. The number of ketones is 1. The Balaban J connectivity index is 1.97. The molecule has 1 aliphatic rings. The number of halogens is 2. The maximum atomic E-state index is 12.1.